The van der Waals surface area contributed by atoms with Gasteiger partial charge in [-0.2, -0.15) is 23.3 Å². The van der Waals surface area contributed by atoms with Crippen molar-refractivity contribution in [3.8, 4) is 16.9 Å². The topological polar surface area (TPSA) is 93.7 Å². The lowest BCUT2D eigenvalue weighted by molar-refractivity contribution is -0.153. The Morgan fingerprint density at radius 1 is 1.04 bits per heavy atom. The third-order valence-electron chi connectivity index (χ3n) is 12.2. The molecule has 5 fully saturated rings. The number of carbonyl (C=O) groups excluding carboxylic acids is 1. The summed E-state index contributed by atoms with van der Waals surface area (Å²) >= 11 is 0. The number of ether oxygens (including phenoxy) is 1. The van der Waals surface area contributed by atoms with Gasteiger partial charge < -0.3 is 19.4 Å². The molecular weight excluding hydrogens is 657 g/mol. The molecule has 1 spiro atoms. The van der Waals surface area contributed by atoms with Crippen LogP contribution in [0, 0.1) is 12.3 Å². The molecule has 51 heavy (non-hydrogen) atoms. The van der Waals surface area contributed by atoms with Crippen LogP contribution in [0.3, 0.4) is 0 Å². The number of halogens is 3. The number of hydrogen-bond acceptors (Lipinski definition) is 8. The number of aromatic amines is 1. The third-order valence-corrected chi connectivity index (χ3v) is 12.2. The van der Waals surface area contributed by atoms with Crippen molar-refractivity contribution in [2.75, 3.05) is 68.8 Å². The van der Waals surface area contributed by atoms with E-state index in [1.54, 1.807) is 6.20 Å². The summed E-state index contributed by atoms with van der Waals surface area (Å²) in [5.74, 6) is 1.38. The molecule has 1 amide bonds. The average Bonchev–Trinajstić information content (AvgIpc) is 3.62. The van der Waals surface area contributed by atoms with Crippen molar-refractivity contribution in [3.63, 3.8) is 0 Å². The van der Waals surface area contributed by atoms with Crippen LogP contribution in [-0.2, 0) is 10.2 Å². The molecule has 4 aromatic rings. The van der Waals surface area contributed by atoms with Crippen molar-refractivity contribution in [2.45, 2.75) is 63.6 Å². The van der Waals surface area contributed by atoms with Gasteiger partial charge in [0.2, 0.25) is 11.9 Å². The highest BCUT2D eigenvalue weighted by atomic mass is 19.4. The molecule has 5 aliphatic rings. The minimum Gasteiger partial charge on any atom is -0.481 e. The number of hydrogen-bond donors (Lipinski definition) is 1. The fourth-order valence-corrected chi connectivity index (χ4v) is 8.64. The number of amides is 1. The molecule has 0 bridgehead atoms. The Hall–Kier alpha value is -4.39. The molecule has 268 valence electrons. The number of piperidine rings is 1. The van der Waals surface area contributed by atoms with Gasteiger partial charge >= 0.3 is 6.18 Å². The van der Waals surface area contributed by atoms with E-state index in [1.165, 1.54) is 12.5 Å². The standard InChI is InChI=1S/C38H43F3N8O2/c1-4-29(50)49-20-37(21-49)10-14-47(15-11-37)34-25-16-27(36(3)8-9-36)31(30-23(2)6-7-28-26(30)17-42-45-28)33(51-22-38(39,40)41)32(25)43-35(44-34)48-18-24(19-48)46-12-5-13-46/h4,6-7,16-17,24H,1,5,8-15,18-22H2,2-3H3,(H,42,45). The van der Waals surface area contributed by atoms with Gasteiger partial charge in [-0.3, -0.25) is 14.8 Å². The second kappa shape index (κ2) is 11.6. The van der Waals surface area contributed by atoms with Crippen LogP contribution >= 0.6 is 0 Å². The van der Waals surface area contributed by atoms with Crippen molar-refractivity contribution in [2.24, 2.45) is 5.41 Å². The first-order chi connectivity index (χ1) is 24.4. The molecular formula is C38H43F3N8O2. The first-order valence-electron chi connectivity index (χ1n) is 18.1. The second-order valence-electron chi connectivity index (χ2n) is 15.8. The van der Waals surface area contributed by atoms with Crippen molar-refractivity contribution in [3.05, 3.63) is 48.2 Å². The zero-order valence-electron chi connectivity index (χ0n) is 29.2. The zero-order chi connectivity index (χ0) is 35.3. The van der Waals surface area contributed by atoms with Gasteiger partial charge in [0, 0.05) is 67.1 Å². The predicted molar refractivity (Wildman–Crippen MR) is 190 cm³/mol. The predicted octanol–water partition coefficient (Wildman–Crippen LogP) is 5.98. The summed E-state index contributed by atoms with van der Waals surface area (Å²) in [6, 6.07) is 6.50. The van der Waals surface area contributed by atoms with E-state index in [1.807, 2.05) is 24.0 Å². The lowest BCUT2D eigenvalue weighted by Crippen LogP contribution is -2.63. The van der Waals surface area contributed by atoms with Crippen LogP contribution in [0.2, 0.25) is 0 Å². The highest BCUT2D eigenvalue weighted by Gasteiger charge is 2.48. The summed E-state index contributed by atoms with van der Waals surface area (Å²) in [5.41, 5.74) is 4.38. The molecule has 1 saturated carbocycles. The molecule has 6 heterocycles. The van der Waals surface area contributed by atoms with E-state index in [0.717, 1.165) is 98.4 Å². The van der Waals surface area contributed by atoms with Crippen molar-refractivity contribution in [1.29, 1.82) is 0 Å². The van der Waals surface area contributed by atoms with E-state index in [-0.39, 0.29) is 22.5 Å². The molecule has 1 N–H and O–H groups in total. The van der Waals surface area contributed by atoms with Crippen molar-refractivity contribution < 1.29 is 22.7 Å². The molecule has 1 aliphatic carbocycles. The molecule has 0 radical (unpaired) electrons. The number of alkyl halides is 3. The fraction of sp³-hybridized carbons (Fsp3) is 0.526. The quantitative estimate of drug-likeness (QED) is 0.225. The number of fused-ring (bicyclic) bond motifs is 2. The maximum Gasteiger partial charge on any atom is 0.422 e. The highest BCUT2D eigenvalue weighted by molar-refractivity contribution is 6.06. The number of carbonyl (C=O) groups is 1. The summed E-state index contributed by atoms with van der Waals surface area (Å²) in [4.78, 5) is 31.3. The van der Waals surface area contributed by atoms with Gasteiger partial charge in [-0.15, -0.1) is 0 Å². The smallest absolute Gasteiger partial charge is 0.422 e. The first-order valence-corrected chi connectivity index (χ1v) is 18.1. The minimum atomic E-state index is -4.55. The number of nitrogens with one attached hydrogen (secondary N) is 1. The van der Waals surface area contributed by atoms with E-state index < -0.39 is 12.8 Å². The molecule has 4 saturated heterocycles. The molecule has 2 aromatic heterocycles. The lowest BCUT2D eigenvalue weighted by atomic mass is 9.72. The maximum absolute atomic E-state index is 14.1. The Kier molecular flexibility index (Phi) is 7.37. The highest BCUT2D eigenvalue weighted by Crippen LogP contribution is 2.56. The van der Waals surface area contributed by atoms with Crippen LogP contribution in [-0.4, -0.2) is 107 Å². The zero-order valence-corrected chi connectivity index (χ0v) is 29.2. The summed E-state index contributed by atoms with van der Waals surface area (Å²) in [5, 5.41) is 8.90. The van der Waals surface area contributed by atoms with Crippen LogP contribution in [0.1, 0.15) is 50.2 Å². The number of aryl methyl sites for hydroxylation is 1. The molecule has 13 heteroatoms. The van der Waals surface area contributed by atoms with Crippen LogP contribution in [0.15, 0.2) is 37.1 Å². The Morgan fingerprint density at radius 3 is 2.43 bits per heavy atom. The number of benzene rings is 2. The summed E-state index contributed by atoms with van der Waals surface area (Å²) in [7, 11) is 0. The molecule has 4 aliphatic heterocycles. The molecule has 0 unspecified atom stereocenters. The SMILES string of the molecule is C=CC(=O)N1CC2(CCN(c3nc(N4CC(N5CCC5)C4)nc4c(OCC(F)(F)F)c(-c5c(C)ccc6[nH]ncc56)c(C5(C)CC5)cc34)CC2)C1. The maximum atomic E-state index is 14.1. The Balaban J connectivity index is 1.21. The monoisotopic (exact) mass is 700 g/mol. The van der Waals surface area contributed by atoms with Crippen LogP contribution < -0.4 is 14.5 Å². The molecule has 0 atom stereocenters. The van der Waals surface area contributed by atoms with E-state index in [2.05, 4.69) is 44.5 Å². The van der Waals surface area contributed by atoms with E-state index >= 15 is 0 Å². The normalized spacial score (nSPS) is 21.5. The number of likely N-dealkylation sites (tertiary alicyclic amines) is 2. The number of nitrogens with zero attached hydrogens (tertiary/aromatic N) is 7. The number of anilines is 2. The summed E-state index contributed by atoms with van der Waals surface area (Å²) in [6.45, 7) is 13.0. The molecule has 2 aromatic carbocycles. The van der Waals surface area contributed by atoms with Gasteiger partial charge in [0.15, 0.2) is 12.4 Å². The Morgan fingerprint density at radius 2 is 1.78 bits per heavy atom. The largest absolute Gasteiger partial charge is 0.481 e. The van der Waals surface area contributed by atoms with Gasteiger partial charge in [0.1, 0.15) is 11.3 Å². The van der Waals surface area contributed by atoms with Crippen LogP contribution in [0.25, 0.3) is 32.9 Å². The Labute approximate surface area is 294 Å². The van der Waals surface area contributed by atoms with E-state index in [9.17, 15) is 18.0 Å². The van der Waals surface area contributed by atoms with E-state index in [0.29, 0.717) is 41.5 Å². The summed E-state index contributed by atoms with van der Waals surface area (Å²) in [6.07, 6.45) is 3.37. The average molecular weight is 701 g/mol. The lowest BCUT2D eigenvalue weighted by Gasteiger charge is -2.54. The van der Waals surface area contributed by atoms with Crippen LogP contribution in [0.4, 0.5) is 24.9 Å². The van der Waals surface area contributed by atoms with Gasteiger partial charge in [-0.05, 0) is 92.4 Å². The Bertz CT molecular complexity index is 2050. The summed E-state index contributed by atoms with van der Waals surface area (Å²) < 4.78 is 48.3. The van der Waals surface area contributed by atoms with Gasteiger partial charge in [0.25, 0.3) is 0 Å². The number of H-pyrrole nitrogens is 1. The minimum absolute atomic E-state index is 0.0368. The number of aromatic nitrogens is 4. The van der Waals surface area contributed by atoms with Crippen molar-refractivity contribution >= 4 is 39.5 Å². The van der Waals surface area contributed by atoms with Gasteiger partial charge in [-0.1, -0.05) is 19.6 Å². The van der Waals surface area contributed by atoms with Gasteiger partial charge in [-0.25, -0.2) is 4.98 Å². The van der Waals surface area contributed by atoms with Gasteiger partial charge in [0.05, 0.1) is 11.7 Å². The molecule has 9 rings (SSSR count). The second-order valence-corrected chi connectivity index (χ2v) is 15.8. The number of rotatable bonds is 8. The van der Waals surface area contributed by atoms with E-state index in [4.69, 9.17) is 14.7 Å². The fourth-order valence-electron chi connectivity index (χ4n) is 8.64. The molecule has 10 nitrogen and oxygen atoms in total. The first kappa shape index (κ1) is 32.5. The van der Waals surface area contributed by atoms with Crippen LogP contribution in [0.5, 0.6) is 5.75 Å². The third kappa shape index (κ3) is 5.50. The van der Waals surface area contributed by atoms with Crippen molar-refractivity contribution in [1.82, 2.24) is 30.0 Å².